The van der Waals surface area contributed by atoms with Crippen molar-refractivity contribution in [2.45, 2.75) is 0 Å². The summed E-state index contributed by atoms with van der Waals surface area (Å²) in [5, 5.41) is 4.07. The molecule has 2 aromatic heterocycles. The Labute approximate surface area is 87.4 Å². The van der Waals surface area contributed by atoms with E-state index in [1.807, 2.05) is 19.0 Å². The van der Waals surface area contributed by atoms with Crippen LogP contribution in [0.15, 0.2) is 24.5 Å². The van der Waals surface area contributed by atoms with Gasteiger partial charge >= 0.3 is 0 Å². The number of nitrogens with zero attached hydrogens (tertiary/aromatic N) is 5. The average molecular weight is 204 g/mol. The third kappa shape index (κ3) is 1.88. The van der Waals surface area contributed by atoms with E-state index in [4.69, 9.17) is 5.73 Å². The van der Waals surface area contributed by atoms with E-state index in [-0.39, 0.29) is 0 Å². The van der Waals surface area contributed by atoms with Crippen molar-refractivity contribution in [3.05, 3.63) is 24.5 Å². The molecule has 2 heterocycles. The summed E-state index contributed by atoms with van der Waals surface area (Å²) in [6.45, 7) is 0. The quantitative estimate of drug-likeness (QED) is 0.762. The van der Waals surface area contributed by atoms with Gasteiger partial charge in [-0.25, -0.2) is 9.67 Å². The summed E-state index contributed by atoms with van der Waals surface area (Å²) in [6.07, 6.45) is 3.45. The largest absolute Gasteiger partial charge is 0.382 e. The van der Waals surface area contributed by atoms with Crippen LogP contribution in [0.4, 0.5) is 11.8 Å². The molecule has 0 unspecified atom stereocenters. The Morgan fingerprint density at radius 1 is 1.33 bits per heavy atom. The van der Waals surface area contributed by atoms with Gasteiger partial charge in [0.25, 0.3) is 0 Å². The first kappa shape index (κ1) is 9.45. The summed E-state index contributed by atoms with van der Waals surface area (Å²) in [7, 11) is 3.77. The maximum atomic E-state index is 5.53. The lowest BCUT2D eigenvalue weighted by atomic mass is 10.5. The number of hydrogen-bond acceptors (Lipinski definition) is 5. The molecule has 0 aliphatic rings. The Balaban J connectivity index is 2.41. The number of nitrogens with two attached hydrogens (primary N) is 1. The van der Waals surface area contributed by atoms with Crippen LogP contribution < -0.4 is 10.6 Å². The summed E-state index contributed by atoms with van der Waals surface area (Å²) in [6, 6.07) is 3.50. The molecule has 2 rings (SSSR count). The van der Waals surface area contributed by atoms with E-state index in [1.54, 1.807) is 29.2 Å². The molecular weight excluding hydrogens is 192 g/mol. The van der Waals surface area contributed by atoms with Crippen molar-refractivity contribution < 1.29 is 0 Å². The lowest BCUT2D eigenvalue weighted by molar-refractivity contribution is 0.836. The zero-order valence-corrected chi connectivity index (χ0v) is 8.62. The molecule has 2 N–H and O–H groups in total. The van der Waals surface area contributed by atoms with Gasteiger partial charge in [-0.2, -0.15) is 4.98 Å². The Kier molecular flexibility index (Phi) is 2.24. The molecule has 0 aliphatic carbocycles. The molecule has 2 aromatic rings. The molecule has 0 bridgehead atoms. The van der Waals surface area contributed by atoms with E-state index < -0.39 is 0 Å². The van der Waals surface area contributed by atoms with E-state index in [0.29, 0.717) is 17.6 Å². The van der Waals surface area contributed by atoms with Crippen LogP contribution in [-0.4, -0.2) is 33.8 Å². The second-order valence-corrected chi connectivity index (χ2v) is 3.29. The monoisotopic (exact) mass is 204 g/mol. The molecule has 0 atom stereocenters. The van der Waals surface area contributed by atoms with Crippen molar-refractivity contribution in [1.29, 1.82) is 0 Å². The van der Waals surface area contributed by atoms with E-state index in [2.05, 4.69) is 15.1 Å². The van der Waals surface area contributed by atoms with Crippen LogP contribution in [0.3, 0.4) is 0 Å². The smallest absolute Gasteiger partial charge is 0.226 e. The first-order valence-corrected chi connectivity index (χ1v) is 4.49. The molecule has 0 aliphatic heterocycles. The summed E-state index contributed by atoms with van der Waals surface area (Å²) in [5.41, 5.74) is 5.53. The van der Waals surface area contributed by atoms with Gasteiger partial charge in [-0.1, -0.05) is 0 Å². The molecule has 6 heteroatoms. The first-order valence-electron chi connectivity index (χ1n) is 4.49. The Morgan fingerprint density at radius 3 is 2.73 bits per heavy atom. The maximum Gasteiger partial charge on any atom is 0.226 e. The fourth-order valence-corrected chi connectivity index (χ4v) is 1.15. The zero-order chi connectivity index (χ0) is 10.8. The first-order chi connectivity index (χ1) is 7.16. The van der Waals surface area contributed by atoms with Crippen LogP contribution in [0.2, 0.25) is 0 Å². The van der Waals surface area contributed by atoms with Gasteiger partial charge in [-0.15, -0.1) is 5.10 Å². The van der Waals surface area contributed by atoms with Crippen molar-refractivity contribution in [2.24, 2.45) is 0 Å². The second-order valence-electron chi connectivity index (χ2n) is 3.29. The second kappa shape index (κ2) is 3.56. The van der Waals surface area contributed by atoms with Crippen molar-refractivity contribution in [3.8, 4) is 5.82 Å². The lowest BCUT2D eigenvalue weighted by Gasteiger charge is -2.10. The number of rotatable bonds is 2. The van der Waals surface area contributed by atoms with Gasteiger partial charge in [0.05, 0.1) is 0 Å². The Morgan fingerprint density at radius 2 is 2.13 bits per heavy atom. The molecule has 0 amide bonds. The minimum atomic E-state index is 0.472. The van der Waals surface area contributed by atoms with Gasteiger partial charge in [0, 0.05) is 38.6 Å². The molecular formula is C9H12N6. The van der Waals surface area contributed by atoms with Crippen LogP contribution in [0.5, 0.6) is 0 Å². The molecule has 6 nitrogen and oxygen atoms in total. The number of nitrogen functional groups attached to an aromatic ring is 1. The lowest BCUT2D eigenvalue weighted by Crippen LogP contribution is -2.13. The summed E-state index contributed by atoms with van der Waals surface area (Å²) >= 11 is 0. The Bertz CT molecular complexity index is 461. The van der Waals surface area contributed by atoms with Crippen molar-refractivity contribution in [1.82, 2.24) is 19.7 Å². The highest BCUT2D eigenvalue weighted by Gasteiger charge is 2.03. The summed E-state index contributed by atoms with van der Waals surface area (Å²) < 4.78 is 1.62. The minimum absolute atomic E-state index is 0.472. The van der Waals surface area contributed by atoms with Crippen molar-refractivity contribution in [3.63, 3.8) is 0 Å². The molecule has 78 valence electrons. The van der Waals surface area contributed by atoms with Crippen LogP contribution in [0.25, 0.3) is 5.82 Å². The molecule has 0 radical (unpaired) electrons. The summed E-state index contributed by atoms with van der Waals surface area (Å²) in [5.74, 6) is 1.81. The third-order valence-corrected chi connectivity index (χ3v) is 1.87. The van der Waals surface area contributed by atoms with Gasteiger partial charge < -0.3 is 10.6 Å². The van der Waals surface area contributed by atoms with Gasteiger partial charge in [-0.3, -0.25) is 0 Å². The molecule has 0 saturated heterocycles. The van der Waals surface area contributed by atoms with Crippen molar-refractivity contribution in [2.75, 3.05) is 24.7 Å². The topological polar surface area (TPSA) is 72.9 Å². The normalized spacial score (nSPS) is 10.3. The molecule has 0 saturated carbocycles. The SMILES string of the molecule is CN(C)c1nccc(-n2ccc(N)n2)n1. The van der Waals surface area contributed by atoms with E-state index in [0.717, 1.165) is 0 Å². The number of aromatic nitrogens is 4. The predicted molar refractivity (Wildman–Crippen MR) is 57.9 cm³/mol. The number of anilines is 2. The minimum Gasteiger partial charge on any atom is -0.382 e. The number of hydrogen-bond donors (Lipinski definition) is 1. The highest BCUT2D eigenvalue weighted by atomic mass is 15.3. The molecule has 0 fully saturated rings. The fourth-order valence-electron chi connectivity index (χ4n) is 1.15. The standard InChI is InChI=1S/C9H12N6/c1-14(2)9-11-5-3-8(12-9)15-6-4-7(10)13-15/h3-6H,1-2H3,(H2,10,13). The molecule has 0 spiro atoms. The van der Waals surface area contributed by atoms with Gasteiger partial charge in [0.2, 0.25) is 5.95 Å². The van der Waals surface area contributed by atoms with E-state index in [9.17, 15) is 0 Å². The summed E-state index contributed by atoms with van der Waals surface area (Å²) in [4.78, 5) is 10.3. The highest BCUT2D eigenvalue weighted by Crippen LogP contribution is 2.08. The van der Waals surface area contributed by atoms with Crippen LogP contribution in [0, 0.1) is 0 Å². The zero-order valence-electron chi connectivity index (χ0n) is 8.62. The van der Waals surface area contributed by atoms with Gasteiger partial charge in [-0.05, 0) is 0 Å². The fraction of sp³-hybridized carbons (Fsp3) is 0.222. The Hall–Kier alpha value is -2.11. The molecule has 15 heavy (non-hydrogen) atoms. The van der Waals surface area contributed by atoms with Crippen LogP contribution >= 0.6 is 0 Å². The van der Waals surface area contributed by atoms with Gasteiger partial charge in [0.1, 0.15) is 5.82 Å². The predicted octanol–water partition coefficient (Wildman–Crippen LogP) is 0.310. The highest BCUT2D eigenvalue weighted by molar-refractivity contribution is 5.34. The third-order valence-electron chi connectivity index (χ3n) is 1.87. The van der Waals surface area contributed by atoms with E-state index in [1.165, 1.54) is 0 Å². The maximum absolute atomic E-state index is 5.53. The molecule has 0 aromatic carbocycles. The van der Waals surface area contributed by atoms with E-state index >= 15 is 0 Å². The average Bonchev–Trinajstić information content (AvgIpc) is 2.65. The van der Waals surface area contributed by atoms with Gasteiger partial charge in [0.15, 0.2) is 5.82 Å². The van der Waals surface area contributed by atoms with Crippen LogP contribution in [-0.2, 0) is 0 Å². The van der Waals surface area contributed by atoms with Crippen LogP contribution in [0.1, 0.15) is 0 Å². The van der Waals surface area contributed by atoms with Crippen molar-refractivity contribution >= 4 is 11.8 Å².